The van der Waals surface area contributed by atoms with Gasteiger partial charge in [0.25, 0.3) is 0 Å². The summed E-state index contributed by atoms with van der Waals surface area (Å²) in [5.41, 5.74) is 0. The normalized spacial score (nSPS) is 24.3. The van der Waals surface area contributed by atoms with Crippen LogP contribution in [0, 0.1) is 0 Å². The predicted molar refractivity (Wildman–Crippen MR) is 32.6 cm³/mol. The summed E-state index contributed by atoms with van der Waals surface area (Å²) >= 11 is 0. The largest absolute Gasteiger partial charge is 0.272 e. The van der Waals surface area contributed by atoms with Gasteiger partial charge in [-0.15, -0.1) is 0 Å². The lowest BCUT2D eigenvalue weighted by Crippen LogP contribution is -2.23. The van der Waals surface area contributed by atoms with Crippen LogP contribution in [0.1, 0.15) is 6.17 Å². The van der Waals surface area contributed by atoms with E-state index < -0.39 is 0 Å². The SMILES string of the molecule is C[n+]1ccn(C2CN2)c1. The van der Waals surface area contributed by atoms with Crippen molar-refractivity contribution in [2.24, 2.45) is 7.05 Å². The van der Waals surface area contributed by atoms with Crippen molar-refractivity contribution < 1.29 is 4.57 Å². The third kappa shape index (κ3) is 0.833. The molecule has 1 N–H and O–H groups in total. The summed E-state index contributed by atoms with van der Waals surface area (Å²) in [5.74, 6) is 0. The van der Waals surface area contributed by atoms with Gasteiger partial charge in [-0.1, -0.05) is 0 Å². The van der Waals surface area contributed by atoms with E-state index in [-0.39, 0.29) is 0 Å². The number of nitrogens with one attached hydrogen (secondary N) is 1. The van der Waals surface area contributed by atoms with E-state index in [1.165, 1.54) is 0 Å². The van der Waals surface area contributed by atoms with Crippen LogP contribution >= 0.6 is 0 Å². The molecular weight excluding hydrogens is 114 g/mol. The van der Waals surface area contributed by atoms with Crippen molar-refractivity contribution in [3.8, 4) is 0 Å². The average Bonchev–Trinajstić information content (AvgIpc) is 2.58. The predicted octanol–water partition coefficient (Wildman–Crippen LogP) is -0.586. The molecule has 1 saturated heterocycles. The zero-order valence-electron chi connectivity index (χ0n) is 5.41. The molecule has 3 nitrogen and oxygen atoms in total. The van der Waals surface area contributed by atoms with E-state index in [1.54, 1.807) is 0 Å². The second kappa shape index (κ2) is 1.57. The maximum Gasteiger partial charge on any atom is 0.244 e. The summed E-state index contributed by atoms with van der Waals surface area (Å²) in [7, 11) is 2.03. The van der Waals surface area contributed by atoms with Gasteiger partial charge in [-0.3, -0.25) is 5.32 Å². The summed E-state index contributed by atoms with van der Waals surface area (Å²) in [5, 5.41) is 3.21. The number of hydrogen-bond donors (Lipinski definition) is 1. The van der Waals surface area contributed by atoms with Gasteiger partial charge in [-0.2, -0.15) is 0 Å². The zero-order valence-corrected chi connectivity index (χ0v) is 5.41. The number of imidazole rings is 1. The summed E-state index contributed by atoms with van der Waals surface area (Å²) in [6.07, 6.45) is 6.76. The van der Waals surface area contributed by atoms with E-state index >= 15 is 0 Å². The van der Waals surface area contributed by atoms with E-state index in [4.69, 9.17) is 0 Å². The molecule has 1 aliphatic rings. The molecule has 1 aromatic heterocycles. The van der Waals surface area contributed by atoms with Crippen LogP contribution in [0.2, 0.25) is 0 Å². The molecule has 1 fully saturated rings. The molecule has 2 rings (SSSR count). The van der Waals surface area contributed by atoms with Gasteiger partial charge >= 0.3 is 0 Å². The molecule has 9 heavy (non-hydrogen) atoms. The number of rotatable bonds is 1. The van der Waals surface area contributed by atoms with E-state index in [2.05, 4.69) is 22.4 Å². The molecule has 1 atom stereocenters. The van der Waals surface area contributed by atoms with Crippen molar-refractivity contribution >= 4 is 0 Å². The highest BCUT2D eigenvalue weighted by Crippen LogP contribution is 2.09. The van der Waals surface area contributed by atoms with Gasteiger partial charge in [0.1, 0.15) is 12.4 Å². The molecule has 0 spiro atoms. The van der Waals surface area contributed by atoms with Crippen molar-refractivity contribution in [1.82, 2.24) is 9.88 Å². The summed E-state index contributed by atoms with van der Waals surface area (Å²) < 4.78 is 4.21. The lowest BCUT2D eigenvalue weighted by Gasteiger charge is -1.82. The van der Waals surface area contributed by atoms with Gasteiger partial charge in [0, 0.05) is 0 Å². The molecule has 3 heteroatoms. The Bertz CT molecular complexity index is 212. The highest BCUT2D eigenvalue weighted by Gasteiger charge is 2.26. The Labute approximate surface area is 53.9 Å². The lowest BCUT2D eigenvalue weighted by atomic mass is 10.7. The monoisotopic (exact) mass is 124 g/mol. The Kier molecular flexibility index (Phi) is 0.873. The van der Waals surface area contributed by atoms with E-state index in [0.29, 0.717) is 6.17 Å². The van der Waals surface area contributed by atoms with Gasteiger partial charge in [0.2, 0.25) is 6.33 Å². The number of aromatic nitrogens is 2. The van der Waals surface area contributed by atoms with Crippen LogP contribution in [-0.4, -0.2) is 11.1 Å². The second-order valence-electron chi connectivity index (χ2n) is 2.45. The first-order valence-electron chi connectivity index (χ1n) is 3.12. The summed E-state index contributed by atoms with van der Waals surface area (Å²) in [4.78, 5) is 0. The fourth-order valence-corrected chi connectivity index (χ4v) is 0.917. The second-order valence-corrected chi connectivity index (χ2v) is 2.45. The van der Waals surface area contributed by atoms with E-state index in [0.717, 1.165) is 6.54 Å². The fraction of sp³-hybridized carbons (Fsp3) is 0.500. The minimum atomic E-state index is 0.575. The molecule has 48 valence electrons. The maximum absolute atomic E-state index is 3.21. The maximum atomic E-state index is 3.21. The van der Waals surface area contributed by atoms with Gasteiger partial charge in [0.15, 0.2) is 6.17 Å². The first-order valence-corrected chi connectivity index (χ1v) is 3.12. The molecule has 2 heterocycles. The average molecular weight is 124 g/mol. The summed E-state index contributed by atoms with van der Waals surface area (Å²) in [6.45, 7) is 1.12. The zero-order chi connectivity index (χ0) is 6.27. The first-order chi connectivity index (χ1) is 4.36. The molecule has 0 aliphatic carbocycles. The Morgan fingerprint density at radius 1 is 1.78 bits per heavy atom. The van der Waals surface area contributed by atoms with Crippen molar-refractivity contribution in [3.05, 3.63) is 18.7 Å². The minimum absolute atomic E-state index is 0.575. The van der Waals surface area contributed by atoms with Crippen LogP contribution in [0.3, 0.4) is 0 Å². The van der Waals surface area contributed by atoms with Gasteiger partial charge < -0.3 is 0 Å². The fourth-order valence-electron chi connectivity index (χ4n) is 0.917. The molecule has 0 aromatic carbocycles. The van der Waals surface area contributed by atoms with Crippen molar-refractivity contribution in [1.29, 1.82) is 0 Å². The standard InChI is InChI=1S/C6H10N3/c1-8-2-3-9(5-8)6-4-7-6/h2-3,5-7H,4H2,1H3/q+1. The highest BCUT2D eigenvalue weighted by molar-refractivity contribution is 4.83. The van der Waals surface area contributed by atoms with E-state index in [9.17, 15) is 0 Å². The van der Waals surface area contributed by atoms with E-state index in [1.807, 2.05) is 17.8 Å². The summed E-state index contributed by atoms with van der Waals surface area (Å²) in [6, 6.07) is 0. The molecule has 0 amide bonds. The van der Waals surface area contributed by atoms with Crippen LogP contribution in [0.4, 0.5) is 0 Å². The highest BCUT2D eigenvalue weighted by atomic mass is 15.3. The Balaban J connectivity index is 2.28. The number of nitrogens with zero attached hydrogens (tertiary/aromatic N) is 2. The van der Waals surface area contributed by atoms with Crippen molar-refractivity contribution in [2.45, 2.75) is 6.17 Å². The van der Waals surface area contributed by atoms with Crippen LogP contribution < -0.4 is 9.88 Å². The van der Waals surface area contributed by atoms with Crippen LogP contribution in [-0.2, 0) is 7.05 Å². The van der Waals surface area contributed by atoms with Gasteiger partial charge in [0.05, 0.1) is 13.6 Å². The van der Waals surface area contributed by atoms with Crippen molar-refractivity contribution in [3.63, 3.8) is 0 Å². The molecule has 0 radical (unpaired) electrons. The topological polar surface area (TPSA) is 30.8 Å². The quantitative estimate of drug-likeness (QED) is 0.394. The van der Waals surface area contributed by atoms with Gasteiger partial charge in [-0.25, -0.2) is 9.13 Å². The van der Waals surface area contributed by atoms with Crippen LogP contribution in [0.5, 0.6) is 0 Å². The van der Waals surface area contributed by atoms with Crippen molar-refractivity contribution in [2.75, 3.05) is 6.54 Å². The molecule has 1 unspecified atom stereocenters. The smallest absolute Gasteiger partial charge is 0.244 e. The third-order valence-corrected chi connectivity index (χ3v) is 1.54. The van der Waals surface area contributed by atoms with Crippen LogP contribution in [0.15, 0.2) is 18.7 Å². The molecule has 1 aromatic rings. The molecular formula is C6H10N3+. The Morgan fingerprint density at radius 3 is 3.00 bits per heavy atom. The number of hydrogen-bond acceptors (Lipinski definition) is 1. The molecule has 1 aliphatic heterocycles. The first kappa shape index (κ1) is 4.99. The molecule has 0 bridgehead atoms. The van der Waals surface area contributed by atoms with Gasteiger partial charge in [-0.05, 0) is 0 Å². The Hall–Kier alpha value is -0.830. The number of aryl methyl sites for hydroxylation is 1. The third-order valence-electron chi connectivity index (χ3n) is 1.54. The molecule has 0 saturated carbocycles. The minimum Gasteiger partial charge on any atom is -0.272 e. The lowest BCUT2D eigenvalue weighted by molar-refractivity contribution is -0.671. The Morgan fingerprint density at radius 2 is 2.56 bits per heavy atom. The van der Waals surface area contributed by atoms with Crippen LogP contribution in [0.25, 0.3) is 0 Å².